The Morgan fingerprint density at radius 3 is 2.95 bits per heavy atom. The number of β-amino-alcohol motifs (C(OH)–C–C–N with tert-alkyl or cyclic N) is 1. The number of anilines is 1. The number of aliphatic imine (C=N–C) groups is 1. The fourth-order valence-electron chi connectivity index (χ4n) is 2.73. The first kappa shape index (κ1) is 12.5. The Labute approximate surface area is 110 Å². The standard InChI is InChI=1S/C12H17N5O2/c13-12-11-10(15-6-16-12)7(1-14-11)2-17-3-8(5-18)9(19)4-17/h1,6-9,18-19H,2-5H2,(H2,13,15,16)/t7?,8-,9+/m1/s1. The third-order valence-electron chi connectivity index (χ3n) is 3.79. The van der Waals surface area contributed by atoms with E-state index in [9.17, 15) is 5.11 Å². The van der Waals surface area contributed by atoms with Crippen LogP contribution in [0.3, 0.4) is 0 Å². The molecule has 102 valence electrons. The maximum atomic E-state index is 9.79. The highest BCUT2D eigenvalue weighted by atomic mass is 16.3. The molecular formula is C12H17N5O2. The Morgan fingerprint density at radius 2 is 2.21 bits per heavy atom. The number of aromatic nitrogens is 2. The summed E-state index contributed by atoms with van der Waals surface area (Å²) in [5, 5.41) is 19.0. The van der Waals surface area contributed by atoms with Crippen LogP contribution >= 0.6 is 0 Å². The molecule has 1 fully saturated rings. The first-order chi connectivity index (χ1) is 9.19. The molecule has 3 atom stereocenters. The van der Waals surface area contributed by atoms with E-state index < -0.39 is 6.10 Å². The molecule has 3 rings (SSSR count). The largest absolute Gasteiger partial charge is 0.396 e. The van der Waals surface area contributed by atoms with Crippen molar-refractivity contribution in [2.45, 2.75) is 12.0 Å². The third kappa shape index (κ3) is 2.20. The van der Waals surface area contributed by atoms with Crippen molar-refractivity contribution in [3.8, 4) is 0 Å². The van der Waals surface area contributed by atoms with Crippen LogP contribution in [0.25, 0.3) is 0 Å². The Morgan fingerprint density at radius 1 is 1.37 bits per heavy atom. The molecule has 2 aliphatic rings. The van der Waals surface area contributed by atoms with Crippen LogP contribution in [0.1, 0.15) is 11.6 Å². The molecular weight excluding hydrogens is 246 g/mol. The Hall–Kier alpha value is -1.57. The fourth-order valence-corrected chi connectivity index (χ4v) is 2.73. The van der Waals surface area contributed by atoms with E-state index in [2.05, 4.69) is 19.9 Å². The van der Waals surface area contributed by atoms with Gasteiger partial charge in [-0.05, 0) is 0 Å². The van der Waals surface area contributed by atoms with Gasteiger partial charge in [-0.25, -0.2) is 9.97 Å². The number of nitrogens with zero attached hydrogens (tertiary/aromatic N) is 4. The molecule has 2 aliphatic heterocycles. The van der Waals surface area contributed by atoms with Gasteiger partial charge in [0.1, 0.15) is 12.0 Å². The van der Waals surface area contributed by atoms with Gasteiger partial charge >= 0.3 is 0 Å². The summed E-state index contributed by atoms with van der Waals surface area (Å²) in [5.41, 5.74) is 7.26. The lowest BCUT2D eigenvalue weighted by molar-refractivity contribution is 0.103. The Bertz CT molecular complexity index is 507. The number of fused-ring (bicyclic) bond motifs is 1. The van der Waals surface area contributed by atoms with Gasteiger partial charge in [-0.15, -0.1) is 0 Å². The second-order valence-electron chi connectivity index (χ2n) is 5.11. The molecule has 19 heavy (non-hydrogen) atoms. The average molecular weight is 263 g/mol. The molecule has 7 nitrogen and oxygen atoms in total. The summed E-state index contributed by atoms with van der Waals surface area (Å²) in [6.07, 6.45) is 2.82. The number of aliphatic hydroxyl groups excluding tert-OH is 2. The van der Waals surface area contributed by atoms with E-state index in [1.165, 1.54) is 6.33 Å². The number of hydrogen-bond donors (Lipinski definition) is 3. The number of nitrogens with two attached hydrogens (primary N) is 1. The molecule has 1 saturated heterocycles. The van der Waals surface area contributed by atoms with Crippen molar-refractivity contribution in [3.63, 3.8) is 0 Å². The maximum absolute atomic E-state index is 9.79. The van der Waals surface area contributed by atoms with Crippen LogP contribution in [0.4, 0.5) is 11.5 Å². The number of hydrogen-bond acceptors (Lipinski definition) is 7. The predicted octanol–water partition coefficient (Wildman–Crippen LogP) is -0.857. The van der Waals surface area contributed by atoms with Gasteiger partial charge in [0.05, 0.1) is 17.7 Å². The van der Waals surface area contributed by atoms with Crippen molar-refractivity contribution < 1.29 is 10.2 Å². The summed E-state index contributed by atoms with van der Waals surface area (Å²) in [6.45, 7) is 2.01. The molecule has 3 heterocycles. The molecule has 1 aromatic heterocycles. The second-order valence-corrected chi connectivity index (χ2v) is 5.11. The number of aliphatic hydroxyl groups is 2. The molecule has 7 heteroatoms. The summed E-state index contributed by atoms with van der Waals surface area (Å²) in [5.74, 6) is 0.414. The van der Waals surface area contributed by atoms with Crippen LogP contribution in [0, 0.1) is 5.92 Å². The van der Waals surface area contributed by atoms with Gasteiger partial charge in [0.2, 0.25) is 0 Å². The summed E-state index contributed by atoms with van der Waals surface area (Å²) in [6, 6.07) is 0. The summed E-state index contributed by atoms with van der Waals surface area (Å²) >= 11 is 0. The molecule has 0 aromatic carbocycles. The number of rotatable bonds is 3. The molecule has 0 amide bonds. The smallest absolute Gasteiger partial charge is 0.153 e. The molecule has 0 radical (unpaired) electrons. The lowest BCUT2D eigenvalue weighted by atomic mass is 10.1. The van der Waals surface area contributed by atoms with Crippen LogP contribution in [-0.2, 0) is 0 Å². The molecule has 4 N–H and O–H groups in total. The molecule has 0 bridgehead atoms. The van der Waals surface area contributed by atoms with Crippen LogP contribution in [0.5, 0.6) is 0 Å². The van der Waals surface area contributed by atoms with Gasteiger partial charge < -0.3 is 15.9 Å². The van der Waals surface area contributed by atoms with Crippen molar-refractivity contribution in [1.29, 1.82) is 0 Å². The number of nitrogen functional groups attached to an aromatic ring is 1. The zero-order valence-electron chi connectivity index (χ0n) is 10.5. The van der Waals surface area contributed by atoms with E-state index in [0.29, 0.717) is 24.6 Å². The monoisotopic (exact) mass is 263 g/mol. The van der Waals surface area contributed by atoms with Gasteiger partial charge in [0, 0.05) is 38.4 Å². The highest BCUT2D eigenvalue weighted by Crippen LogP contribution is 2.34. The first-order valence-electron chi connectivity index (χ1n) is 6.35. The van der Waals surface area contributed by atoms with Gasteiger partial charge in [-0.3, -0.25) is 9.89 Å². The lowest BCUT2D eigenvalue weighted by Gasteiger charge is -2.18. The van der Waals surface area contributed by atoms with E-state index >= 15 is 0 Å². The van der Waals surface area contributed by atoms with Crippen LogP contribution < -0.4 is 5.73 Å². The second kappa shape index (κ2) is 4.84. The molecule has 1 unspecified atom stereocenters. The Kier molecular flexibility index (Phi) is 3.17. The SMILES string of the molecule is Nc1ncnc2c1N=CC2CN1C[C@H](CO)[C@@H](O)C1. The van der Waals surface area contributed by atoms with E-state index in [-0.39, 0.29) is 18.4 Å². The first-order valence-corrected chi connectivity index (χ1v) is 6.35. The van der Waals surface area contributed by atoms with Crippen molar-refractivity contribution >= 4 is 17.7 Å². The highest BCUT2D eigenvalue weighted by molar-refractivity contribution is 5.83. The molecule has 0 saturated carbocycles. The van der Waals surface area contributed by atoms with Crippen molar-refractivity contribution in [3.05, 3.63) is 12.0 Å². The van der Waals surface area contributed by atoms with Crippen molar-refractivity contribution in [2.75, 3.05) is 32.0 Å². The normalized spacial score (nSPS) is 29.9. The molecule has 1 aromatic rings. The van der Waals surface area contributed by atoms with E-state index in [1.807, 2.05) is 6.21 Å². The summed E-state index contributed by atoms with van der Waals surface area (Å²) < 4.78 is 0. The van der Waals surface area contributed by atoms with Gasteiger partial charge in [-0.2, -0.15) is 0 Å². The average Bonchev–Trinajstić information content (AvgIpc) is 2.95. The van der Waals surface area contributed by atoms with Crippen LogP contribution in [0.15, 0.2) is 11.3 Å². The molecule has 0 spiro atoms. The molecule has 0 aliphatic carbocycles. The van der Waals surface area contributed by atoms with Gasteiger partial charge in [0.15, 0.2) is 5.82 Å². The third-order valence-corrected chi connectivity index (χ3v) is 3.79. The number of likely N-dealkylation sites (tertiary alicyclic amines) is 1. The lowest BCUT2D eigenvalue weighted by Crippen LogP contribution is -2.27. The maximum Gasteiger partial charge on any atom is 0.153 e. The Balaban J connectivity index is 1.71. The van der Waals surface area contributed by atoms with Crippen LogP contribution in [-0.4, -0.2) is 63.6 Å². The zero-order chi connectivity index (χ0) is 13.4. The van der Waals surface area contributed by atoms with E-state index in [4.69, 9.17) is 10.8 Å². The fraction of sp³-hybridized carbons (Fsp3) is 0.583. The van der Waals surface area contributed by atoms with Crippen molar-refractivity contribution in [1.82, 2.24) is 14.9 Å². The minimum atomic E-state index is -0.460. The minimum absolute atomic E-state index is 0.0160. The van der Waals surface area contributed by atoms with Crippen molar-refractivity contribution in [2.24, 2.45) is 10.9 Å². The van der Waals surface area contributed by atoms with Crippen LogP contribution in [0.2, 0.25) is 0 Å². The highest BCUT2D eigenvalue weighted by Gasteiger charge is 2.33. The van der Waals surface area contributed by atoms with Gasteiger partial charge in [0.25, 0.3) is 0 Å². The van der Waals surface area contributed by atoms with E-state index in [0.717, 1.165) is 12.2 Å². The zero-order valence-corrected chi connectivity index (χ0v) is 10.5. The topological polar surface area (TPSA) is 108 Å². The summed E-state index contributed by atoms with van der Waals surface area (Å²) in [7, 11) is 0. The van der Waals surface area contributed by atoms with Gasteiger partial charge in [-0.1, -0.05) is 0 Å². The summed E-state index contributed by atoms with van der Waals surface area (Å²) in [4.78, 5) is 14.6. The predicted molar refractivity (Wildman–Crippen MR) is 70.4 cm³/mol. The minimum Gasteiger partial charge on any atom is -0.396 e. The quantitative estimate of drug-likeness (QED) is 0.655. The van der Waals surface area contributed by atoms with E-state index in [1.54, 1.807) is 0 Å².